The van der Waals surface area contributed by atoms with Gasteiger partial charge in [-0.25, -0.2) is 0 Å². The van der Waals surface area contributed by atoms with Crippen molar-refractivity contribution in [3.8, 4) is 29.4 Å². The molecule has 0 aliphatic carbocycles. The Balaban J connectivity index is 2.04. The van der Waals surface area contributed by atoms with Crippen molar-refractivity contribution in [2.75, 3.05) is 7.11 Å². The van der Waals surface area contributed by atoms with E-state index in [4.69, 9.17) is 4.74 Å². The molecule has 3 aromatic carbocycles. The Hall–Kier alpha value is -4.05. The molecule has 0 spiro atoms. The summed E-state index contributed by atoms with van der Waals surface area (Å²) < 4.78 is 5.16. The molecule has 0 saturated heterocycles. The molecule has 1 atom stereocenters. The molecule has 0 aromatic heterocycles. The highest BCUT2D eigenvalue weighted by Gasteiger charge is 2.24. The van der Waals surface area contributed by atoms with E-state index in [0.717, 1.165) is 16.9 Å². The molecule has 0 heterocycles. The lowest BCUT2D eigenvalue weighted by Gasteiger charge is -2.16. The van der Waals surface area contributed by atoms with Crippen molar-refractivity contribution in [1.29, 1.82) is 0 Å². The van der Waals surface area contributed by atoms with Crippen molar-refractivity contribution in [3.63, 3.8) is 0 Å². The normalized spacial score (nSPS) is 12.4. The lowest BCUT2D eigenvalue weighted by Crippen LogP contribution is -2.21. The van der Waals surface area contributed by atoms with Crippen LogP contribution in [-0.2, 0) is 10.4 Å². The lowest BCUT2D eigenvalue weighted by atomic mass is 9.93. The van der Waals surface area contributed by atoms with E-state index in [1.165, 1.54) is 6.08 Å². The number of ether oxygens (including phenoxy) is 1. The van der Waals surface area contributed by atoms with E-state index >= 15 is 0 Å². The number of methoxy groups -OCH3 is 1. The summed E-state index contributed by atoms with van der Waals surface area (Å²) in [4.78, 5) is 11.1. The molecule has 0 bridgehead atoms. The van der Waals surface area contributed by atoms with Crippen LogP contribution < -0.4 is 4.74 Å². The summed E-state index contributed by atoms with van der Waals surface area (Å²) in [5.74, 6) is 12.4. The number of hydrogen-bond donors (Lipinski definition) is 1. The summed E-state index contributed by atoms with van der Waals surface area (Å²) in [6.07, 6.45) is 2.06. The molecule has 0 radical (unpaired) electrons. The minimum Gasteiger partial charge on any atom is -0.497 e. The fourth-order valence-corrected chi connectivity index (χ4v) is 2.75. The number of aldehydes is 1. The Kier molecular flexibility index (Phi) is 6.85. The molecule has 0 aliphatic rings. The zero-order valence-corrected chi connectivity index (χ0v) is 16.5. The van der Waals surface area contributed by atoms with Gasteiger partial charge in [0, 0.05) is 16.7 Å². The minimum atomic E-state index is -1.71. The van der Waals surface area contributed by atoms with Gasteiger partial charge in [-0.2, -0.15) is 0 Å². The second-order valence-corrected chi connectivity index (χ2v) is 6.39. The first kappa shape index (κ1) is 20.7. The van der Waals surface area contributed by atoms with Gasteiger partial charge in [0.1, 0.15) is 12.0 Å². The predicted molar refractivity (Wildman–Crippen MR) is 118 cm³/mol. The fraction of sp³-hybridized carbons (Fsp3) is 0.0741. The van der Waals surface area contributed by atoms with Crippen LogP contribution in [0, 0.1) is 23.7 Å². The van der Waals surface area contributed by atoms with Crippen molar-refractivity contribution < 1.29 is 14.6 Å². The maximum Gasteiger partial charge on any atom is 0.214 e. The monoisotopic (exact) mass is 392 g/mol. The summed E-state index contributed by atoms with van der Waals surface area (Å²) in [5.41, 5.74) is 0.857. The summed E-state index contributed by atoms with van der Waals surface area (Å²) in [7, 11) is 1.60. The van der Waals surface area contributed by atoms with Crippen LogP contribution in [0.5, 0.6) is 5.75 Å². The van der Waals surface area contributed by atoms with Crippen LogP contribution in [0.1, 0.15) is 16.7 Å². The quantitative estimate of drug-likeness (QED) is 0.411. The van der Waals surface area contributed by atoms with E-state index in [2.05, 4.69) is 23.7 Å². The molecule has 0 saturated carbocycles. The largest absolute Gasteiger partial charge is 0.497 e. The summed E-state index contributed by atoms with van der Waals surface area (Å²) >= 11 is 0. The molecule has 0 fully saturated rings. The van der Waals surface area contributed by atoms with Crippen molar-refractivity contribution in [2.24, 2.45) is 0 Å². The molecule has 3 aromatic rings. The number of carbonyl (C=O) groups is 1. The molecule has 3 rings (SSSR count). The van der Waals surface area contributed by atoms with Crippen LogP contribution >= 0.6 is 0 Å². The standard InChI is InChI=1S/C27H20O3/c1-30-26-14-12-22(13-15-26)16-19-27(29,25-10-6-3-7-11-25)20-17-24(18-21-28)23-8-4-2-5-9-23/h2-15,18,21,29H,1H3/b24-18+. The van der Waals surface area contributed by atoms with Crippen LogP contribution in [0.3, 0.4) is 0 Å². The molecule has 3 heteroatoms. The van der Waals surface area contributed by atoms with Gasteiger partial charge in [-0.3, -0.25) is 4.79 Å². The van der Waals surface area contributed by atoms with E-state index in [1.807, 2.05) is 60.7 Å². The maximum atomic E-state index is 11.3. The Morgan fingerprint density at radius 1 is 0.900 bits per heavy atom. The third kappa shape index (κ3) is 5.26. The molecule has 3 nitrogen and oxygen atoms in total. The Labute approximate surface area is 176 Å². The highest BCUT2D eigenvalue weighted by atomic mass is 16.5. The summed E-state index contributed by atoms with van der Waals surface area (Å²) in [6.45, 7) is 0. The average molecular weight is 392 g/mol. The van der Waals surface area contributed by atoms with Gasteiger partial charge in [-0.1, -0.05) is 72.5 Å². The topological polar surface area (TPSA) is 46.5 Å². The number of aliphatic hydroxyl groups is 1. The number of carbonyl (C=O) groups excluding carboxylic acids is 1. The molecule has 146 valence electrons. The first-order valence-corrected chi connectivity index (χ1v) is 9.34. The average Bonchev–Trinajstić information content (AvgIpc) is 2.82. The number of hydrogen-bond acceptors (Lipinski definition) is 3. The van der Waals surface area contributed by atoms with Gasteiger partial charge in [0.25, 0.3) is 0 Å². The highest BCUT2D eigenvalue weighted by Crippen LogP contribution is 2.21. The molecular weight excluding hydrogens is 372 g/mol. The maximum absolute atomic E-state index is 11.3. The number of benzene rings is 3. The van der Waals surface area contributed by atoms with E-state index in [0.29, 0.717) is 17.4 Å². The molecule has 0 aliphatic heterocycles. The smallest absolute Gasteiger partial charge is 0.214 e. The Morgan fingerprint density at radius 3 is 2.13 bits per heavy atom. The van der Waals surface area contributed by atoms with Gasteiger partial charge >= 0.3 is 0 Å². The molecule has 1 N–H and O–H groups in total. The van der Waals surface area contributed by atoms with Gasteiger partial charge in [-0.05, 0) is 47.7 Å². The minimum absolute atomic E-state index is 0.506. The third-order valence-corrected chi connectivity index (χ3v) is 4.37. The number of allylic oxidation sites excluding steroid dienone is 2. The van der Waals surface area contributed by atoms with Crippen LogP contribution in [-0.4, -0.2) is 18.5 Å². The van der Waals surface area contributed by atoms with Crippen LogP contribution in [0.2, 0.25) is 0 Å². The third-order valence-electron chi connectivity index (χ3n) is 4.37. The van der Waals surface area contributed by atoms with E-state index in [1.54, 1.807) is 31.4 Å². The second kappa shape index (κ2) is 9.94. The predicted octanol–water partition coefficient (Wildman–Crippen LogP) is 4.22. The molecule has 30 heavy (non-hydrogen) atoms. The van der Waals surface area contributed by atoms with Gasteiger partial charge < -0.3 is 9.84 Å². The second-order valence-electron chi connectivity index (χ2n) is 6.39. The summed E-state index contributed by atoms with van der Waals surface area (Å²) in [5, 5.41) is 11.3. The first-order valence-electron chi connectivity index (χ1n) is 9.34. The van der Waals surface area contributed by atoms with E-state index in [-0.39, 0.29) is 0 Å². The van der Waals surface area contributed by atoms with E-state index < -0.39 is 5.60 Å². The fourth-order valence-electron chi connectivity index (χ4n) is 2.75. The van der Waals surface area contributed by atoms with Crippen LogP contribution in [0.4, 0.5) is 0 Å². The van der Waals surface area contributed by atoms with Gasteiger partial charge in [0.2, 0.25) is 5.60 Å². The zero-order chi connectivity index (χ0) is 21.2. The van der Waals surface area contributed by atoms with Crippen molar-refractivity contribution in [3.05, 3.63) is 108 Å². The van der Waals surface area contributed by atoms with Gasteiger partial charge in [0.15, 0.2) is 0 Å². The molecule has 1 unspecified atom stereocenters. The molecule has 0 amide bonds. The van der Waals surface area contributed by atoms with Crippen LogP contribution in [0.25, 0.3) is 5.57 Å². The lowest BCUT2D eigenvalue weighted by molar-refractivity contribution is -0.104. The van der Waals surface area contributed by atoms with Crippen molar-refractivity contribution >= 4 is 11.9 Å². The van der Waals surface area contributed by atoms with Crippen molar-refractivity contribution in [2.45, 2.75) is 5.60 Å². The van der Waals surface area contributed by atoms with Crippen LogP contribution in [0.15, 0.2) is 91.0 Å². The number of rotatable bonds is 4. The van der Waals surface area contributed by atoms with E-state index in [9.17, 15) is 9.90 Å². The Bertz CT molecular complexity index is 1140. The van der Waals surface area contributed by atoms with Crippen molar-refractivity contribution in [1.82, 2.24) is 0 Å². The SMILES string of the molecule is COc1ccc(C#CC(O)(C#C/C(=C\C=O)c2ccccc2)c2ccccc2)cc1. The highest BCUT2D eigenvalue weighted by molar-refractivity contribution is 5.89. The molecular formula is C27H20O3. The first-order chi connectivity index (χ1) is 14.6. The van der Waals surface area contributed by atoms with Gasteiger partial charge in [0.05, 0.1) is 7.11 Å². The summed E-state index contributed by atoms with van der Waals surface area (Å²) in [6, 6.07) is 25.6. The van der Waals surface area contributed by atoms with Gasteiger partial charge in [-0.15, -0.1) is 0 Å². The Morgan fingerprint density at radius 2 is 1.53 bits per heavy atom. The zero-order valence-electron chi connectivity index (χ0n) is 16.5.